The molecule has 8 nitrogen and oxygen atoms in total. The van der Waals surface area contributed by atoms with Gasteiger partial charge in [0, 0.05) is 5.39 Å². The third-order valence-corrected chi connectivity index (χ3v) is 2.79. The second-order valence-corrected chi connectivity index (χ2v) is 4.19. The van der Waals surface area contributed by atoms with Crippen LogP contribution in [0.15, 0.2) is 23.0 Å². The summed E-state index contributed by atoms with van der Waals surface area (Å²) in [5, 5.41) is 12.1. The highest BCUT2D eigenvalue weighted by Crippen LogP contribution is 2.31. The lowest BCUT2D eigenvalue weighted by molar-refractivity contribution is -0.137. The topological polar surface area (TPSA) is 110 Å². The van der Waals surface area contributed by atoms with Crippen LogP contribution in [0.4, 0.5) is 18.0 Å². The van der Waals surface area contributed by atoms with Gasteiger partial charge in [-0.25, -0.2) is 9.59 Å². The molecule has 3 aromatic rings. The number of hydrogen-bond acceptors (Lipinski definition) is 5. The summed E-state index contributed by atoms with van der Waals surface area (Å²) >= 11 is 0. The molecule has 0 aliphatic rings. The summed E-state index contributed by atoms with van der Waals surface area (Å²) < 4.78 is 42.9. The van der Waals surface area contributed by atoms with Crippen molar-refractivity contribution in [2.75, 3.05) is 0 Å². The fraction of sp³-hybridized carbons (Fsp3) is 0.0909. The summed E-state index contributed by atoms with van der Waals surface area (Å²) in [7, 11) is 0. The Morgan fingerprint density at radius 1 is 1.36 bits per heavy atom. The molecule has 3 rings (SSSR count). The number of alkyl halides is 3. The SMILES string of the molecule is O=C(O)Oc1nc2c3ccc(C(F)(F)F)cc3[nH]c(=O)n2n1. The first-order valence-electron chi connectivity index (χ1n) is 5.66. The number of H-pyrrole nitrogens is 1. The molecule has 0 aliphatic carbocycles. The fourth-order valence-corrected chi connectivity index (χ4v) is 1.92. The number of rotatable bonds is 1. The molecule has 0 unspecified atom stereocenters. The summed E-state index contributed by atoms with van der Waals surface area (Å²) in [5.74, 6) is 0. The zero-order valence-electron chi connectivity index (χ0n) is 10.4. The van der Waals surface area contributed by atoms with Crippen LogP contribution in [-0.4, -0.2) is 30.8 Å². The number of aromatic nitrogens is 4. The lowest BCUT2D eigenvalue weighted by Gasteiger charge is -2.07. The molecule has 2 heterocycles. The average molecular weight is 314 g/mol. The van der Waals surface area contributed by atoms with Gasteiger partial charge >= 0.3 is 24.0 Å². The number of carbonyl (C=O) groups is 1. The molecule has 2 aromatic heterocycles. The van der Waals surface area contributed by atoms with Crippen molar-refractivity contribution in [2.45, 2.75) is 6.18 Å². The molecule has 0 saturated heterocycles. The van der Waals surface area contributed by atoms with E-state index in [1.807, 2.05) is 0 Å². The Morgan fingerprint density at radius 2 is 2.09 bits per heavy atom. The zero-order valence-corrected chi connectivity index (χ0v) is 10.4. The highest BCUT2D eigenvalue weighted by molar-refractivity contribution is 5.91. The van der Waals surface area contributed by atoms with E-state index in [1.54, 1.807) is 0 Å². The molecular weight excluding hydrogens is 309 g/mol. The van der Waals surface area contributed by atoms with Crippen molar-refractivity contribution in [3.63, 3.8) is 0 Å². The van der Waals surface area contributed by atoms with Crippen LogP contribution < -0.4 is 10.4 Å². The van der Waals surface area contributed by atoms with E-state index in [0.29, 0.717) is 4.52 Å². The van der Waals surface area contributed by atoms with E-state index in [0.717, 1.165) is 18.2 Å². The van der Waals surface area contributed by atoms with Crippen molar-refractivity contribution in [3.05, 3.63) is 34.2 Å². The van der Waals surface area contributed by atoms with E-state index >= 15 is 0 Å². The van der Waals surface area contributed by atoms with Gasteiger partial charge in [-0.15, -0.1) is 5.10 Å². The van der Waals surface area contributed by atoms with Crippen LogP contribution in [0, 0.1) is 0 Å². The first-order chi connectivity index (χ1) is 10.3. The van der Waals surface area contributed by atoms with Crippen LogP contribution in [0.3, 0.4) is 0 Å². The van der Waals surface area contributed by atoms with Crippen LogP contribution in [-0.2, 0) is 6.18 Å². The van der Waals surface area contributed by atoms with Gasteiger partial charge in [-0.3, -0.25) is 0 Å². The second kappa shape index (κ2) is 4.44. The van der Waals surface area contributed by atoms with Crippen molar-refractivity contribution < 1.29 is 27.8 Å². The minimum atomic E-state index is -4.57. The number of halogens is 3. The Balaban J connectivity index is 2.29. The molecule has 22 heavy (non-hydrogen) atoms. The molecule has 114 valence electrons. The molecule has 0 atom stereocenters. The molecule has 11 heteroatoms. The number of benzene rings is 1. The Kier molecular flexibility index (Phi) is 2.80. The van der Waals surface area contributed by atoms with Gasteiger partial charge in [-0.1, -0.05) is 0 Å². The van der Waals surface area contributed by atoms with Crippen molar-refractivity contribution in [1.82, 2.24) is 19.6 Å². The van der Waals surface area contributed by atoms with E-state index in [4.69, 9.17) is 5.11 Å². The van der Waals surface area contributed by atoms with E-state index in [-0.39, 0.29) is 16.6 Å². The number of carboxylic acid groups (broad SMARTS) is 1. The van der Waals surface area contributed by atoms with Crippen LogP contribution in [0.25, 0.3) is 16.6 Å². The first kappa shape index (κ1) is 13.9. The molecule has 0 fully saturated rings. The normalized spacial score (nSPS) is 12.0. The standard InChI is InChI=1S/C11H5F3N4O4/c12-11(13,14)4-1-2-5-6(3-4)15-9(19)18-7(5)16-8(17-18)22-10(20)21/h1-3H,(H,15,19)(H,20,21). The lowest BCUT2D eigenvalue weighted by atomic mass is 10.1. The van der Waals surface area contributed by atoms with E-state index in [9.17, 15) is 22.8 Å². The summed E-state index contributed by atoms with van der Waals surface area (Å²) in [6.45, 7) is 0. The van der Waals surface area contributed by atoms with Crippen molar-refractivity contribution in [3.8, 4) is 6.01 Å². The first-order valence-corrected chi connectivity index (χ1v) is 5.66. The number of hydrogen-bond donors (Lipinski definition) is 2. The Morgan fingerprint density at radius 3 is 2.73 bits per heavy atom. The van der Waals surface area contributed by atoms with Crippen LogP contribution >= 0.6 is 0 Å². The quantitative estimate of drug-likeness (QED) is 0.661. The summed E-state index contributed by atoms with van der Waals surface area (Å²) in [5.41, 5.74) is -2.05. The maximum atomic E-state index is 12.7. The van der Waals surface area contributed by atoms with Crippen molar-refractivity contribution in [2.24, 2.45) is 0 Å². The number of nitrogens with zero attached hydrogens (tertiary/aromatic N) is 3. The van der Waals surface area contributed by atoms with Crippen molar-refractivity contribution >= 4 is 22.7 Å². The Bertz CT molecular complexity index is 960. The van der Waals surface area contributed by atoms with Gasteiger partial charge in [0.2, 0.25) is 0 Å². The van der Waals surface area contributed by atoms with Gasteiger partial charge in [0.1, 0.15) is 0 Å². The van der Waals surface area contributed by atoms with Crippen LogP contribution in [0.1, 0.15) is 5.56 Å². The maximum Gasteiger partial charge on any atom is 0.513 e. The molecule has 0 bridgehead atoms. The molecule has 0 aliphatic heterocycles. The number of aromatic amines is 1. The summed E-state index contributed by atoms with van der Waals surface area (Å²) in [4.78, 5) is 28.1. The smallest absolute Gasteiger partial charge is 0.449 e. The Hall–Kier alpha value is -3.11. The number of nitrogens with one attached hydrogen (secondary N) is 1. The van der Waals surface area contributed by atoms with E-state index < -0.39 is 29.6 Å². The molecule has 0 spiro atoms. The lowest BCUT2D eigenvalue weighted by Crippen LogP contribution is -2.18. The zero-order chi connectivity index (χ0) is 16.1. The second-order valence-electron chi connectivity index (χ2n) is 4.19. The maximum absolute atomic E-state index is 12.7. The van der Waals surface area contributed by atoms with Gasteiger partial charge < -0.3 is 14.8 Å². The average Bonchev–Trinajstić information content (AvgIpc) is 2.80. The largest absolute Gasteiger partial charge is 0.513 e. The van der Waals surface area contributed by atoms with Gasteiger partial charge in [0.15, 0.2) is 5.65 Å². The third-order valence-electron chi connectivity index (χ3n) is 2.79. The molecule has 2 N–H and O–H groups in total. The number of fused-ring (bicyclic) bond motifs is 3. The van der Waals surface area contributed by atoms with Gasteiger partial charge in [-0.05, 0) is 18.2 Å². The minimum absolute atomic E-state index is 0.110. The molecule has 0 amide bonds. The van der Waals surface area contributed by atoms with Crippen molar-refractivity contribution in [1.29, 1.82) is 0 Å². The molecule has 0 radical (unpaired) electrons. The molecule has 0 saturated carbocycles. The number of ether oxygens (including phenoxy) is 1. The Labute approximate surface area is 117 Å². The summed E-state index contributed by atoms with van der Waals surface area (Å²) in [6, 6.07) is 2.06. The molecule has 1 aromatic carbocycles. The van der Waals surface area contributed by atoms with Gasteiger partial charge in [-0.2, -0.15) is 22.7 Å². The van der Waals surface area contributed by atoms with Gasteiger partial charge in [0.25, 0.3) is 0 Å². The molecular formula is C11H5F3N4O4. The van der Waals surface area contributed by atoms with E-state index in [2.05, 4.69) is 19.8 Å². The minimum Gasteiger partial charge on any atom is -0.449 e. The fourth-order valence-electron chi connectivity index (χ4n) is 1.92. The summed E-state index contributed by atoms with van der Waals surface area (Å²) in [6.07, 6.45) is -6.25. The monoisotopic (exact) mass is 314 g/mol. The predicted molar refractivity (Wildman–Crippen MR) is 64.8 cm³/mol. The van der Waals surface area contributed by atoms with Gasteiger partial charge in [0.05, 0.1) is 11.1 Å². The third kappa shape index (κ3) is 2.21. The van der Waals surface area contributed by atoms with E-state index in [1.165, 1.54) is 0 Å². The highest BCUT2D eigenvalue weighted by Gasteiger charge is 2.30. The highest BCUT2D eigenvalue weighted by atomic mass is 19.4. The van der Waals surface area contributed by atoms with Crippen LogP contribution in [0.2, 0.25) is 0 Å². The van der Waals surface area contributed by atoms with Crippen LogP contribution in [0.5, 0.6) is 6.01 Å². The predicted octanol–water partition coefficient (Wildman–Crippen LogP) is 1.65.